The second kappa shape index (κ2) is 6.31. The molecule has 0 aromatic carbocycles. The molecule has 0 atom stereocenters. The molecule has 0 saturated heterocycles. The lowest BCUT2D eigenvalue weighted by atomic mass is 9.99. The van der Waals surface area contributed by atoms with Gasteiger partial charge in [0.05, 0.1) is 23.5 Å². The number of hydrogen-bond donors (Lipinski definition) is 3. The zero-order chi connectivity index (χ0) is 16.2. The van der Waals surface area contributed by atoms with Gasteiger partial charge in [-0.1, -0.05) is 6.58 Å². The Morgan fingerprint density at radius 2 is 2.41 bits per heavy atom. The van der Waals surface area contributed by atoms with Gasteiger partial charge in [0, 0.05) is 29.9 Å². The van der Waals surface area contributed by atoms with Gasteiger partial charge in [-0.05, 0) is 32.5 Å². The van der Waals surface area contributed by atoms with Crippen molar-refractivity contribution in [3.63, 3.8) is 0 Å². The first-order valence-corrected chi connectivity index (χ1v) is 7.06. The van der Waals surface area contributed by atoms with Crippen LogP contribution in [-0.4, -0.2) is 20.5 Å². The van der Waals surface area contributed by atoms with Crippen LogP contribution in [0.2, 0.25) is 0 Å². The van der Waals surface area contributed by atoms with Crippen molar-refractivity contribution in [2.24, 2.45) is 0 Å². The van der Waals surface area contributed by atoms with Gasteiger partial charge in [-0.2, -0.15) is 10.4 Å². The number of rotatable bonds is 7. The zero-order valence-electron chi connectivity index (χ0n) is 12.8. The van der Waals surface area contributed by atoms with Crippen molar-refractivity contribution in [2.45, 2.75) is 32.2 Å². The fourth-order valence-electron chi connectivity index (χ4n) is 2.21. The number of nitrogens with one attached hydrogen (secondary N) is 3. The highest BCUT2D eigenvalue weighted by Crippen LogP contribution is 2.23. The average Bonchev–Trinajstić information content (AvgIpc) is 3.14. The summed E-state index contributed by atoms with van der Waals surface area (Å²) in [7, 11) is 0. The van der Waals surface area contributed by atoms with Crippen LogP contribution in [-0.2, 0) is 5.54 Å². The maximum atomic E-state index is 8.74. The zero-order valence-corrected chi connectivity index (χ0v) is 12.8. The Morgan fingerprint density at radius 3 is 3.09 bits per heavy atom. The van der Waals surface area contributed by atoms with E-state index in [-0.39, 0.29) is 5.54 Å². The predicted octanol–water partition coefficient (Wildman–Crippen LogP) is 3.22. The van der Waals surface area contributed by atoms with Crippen molar-refractivity contribution >= 4 is 11.5 Å². The number of anilines is 1. The summed E-state index contributed by atoms with van der Waals surface area (Å²) in [4.78, 5) is 3.04. The molecule has 0 fully saturated rings. The molecule has 0 saturated carbocycles. The molecule has 0 aliphatic rings. The molecule has 2 aromatic heterocycles. The summed E-state index contributed by atoms with van der Waals surface area (Å²) in [5.41, 5.74) is 1.62. The Balaban J connectivity index is 2.24. The van der Waals surface area contributed by atoms with Crippen molar-refractivity contribution in [3.05, 3.63) is 48.6 Å². The van der Waals surface area contributed by atoms with Crippen LogP contribution >= 0.6 is 0 Å². The van der Waals surface area contributed by atoms with E-state index in [1.807, 2.05) is 30.8 Å². The first-order valence-electron chi connectivity index (χ1n) is 7.06. The lowest BCUT2D eigenvalue weighted by Crippen LogP contribution is -2.26. The fraction of sp³-hybridized carbons (Fsp3) is 0.312. The van der Waals surface area contributed by atoms with Gasteiger partial charge in [-0.3, -0.25) is 10.1 Å². The lowest BCUT2D eigenvalue weighted by Gasteiger charge is -2.24. The monoisotopic (exact) mass is 296 g/mol. The summed E-state index contributed by atoms with van der Waals surface area (Å²) in [5.74, 6) is 0.733. The first kappa shape index (κ1) is 15.6. The molecular formula is C16H20N6. The van der Waals surface area contributed by atoms with Crippen molar-refractivity contribution in [1.82, 2.24) is 14.8 Å². The number of aromatic amines is 1. The highest BCUT2D eigenvalue weighted by molar-refractivity contribution is 6.13. The molecule has 0 bridgehead atoms. The second-order valence-electron chi connectivity index (χ2n) is 5.63. The fourth-order valence-corrected chi connectivity index (χ4v) is 2.21. The first-order chi connectivity index (χ1) is 10.5. The molecule has 0 radical (unpaired) electrons. The predicted molar refractivity (Wildman–Crippen MR) is 86.9 cm³/mol. The summed E-state index contributed by atoms with van der Waals surface area (Å²) in [6, 6.07) is 4.00. The van der Waals surface area contributed by atoms with E-state index in [1.165, 1.54) is 0 Å². The minimum atomic E-state index is -0.255. The number of nitrogens with zero attached hydrogens (tertiary/aromatic N) is 3. The molecule has 0 amide bonds. The molecule has 0 aliphatic carbocycles. The van der Waals surface area contributed by atoms with E-state index in [2.05, 4.69) is 28.0 Å². The quantitative estimate of drug-likeness (QED) is 0.685. The largest absolute Gasteiger partial charge is 0.348 e. The molecule has 2 rings (SSSR count). The van der Waals surface area contributed by atoms with Crippen molar-refractivity contribution in [1.29, 1.82) is 10.7 Å². The molecule has 0 spiro atoms. The van der Waals surface area contributed by atoms with E-state index in [4.69, 9.17) is 10.7 Å². The maximum Gasteiger partial charge on any atom is 0.116 e. The molecular weight excluding hydrogens is 276 g/mol. The number of hydrogen-bond acceptors (Lipinski definition) is 4. The van der Waals surface area contributed by atoms with Crippen LogP contribution in [0.4, 0.5) is 5.82 Å². The molecule has 0 aliphatic heterocycles. The Morgan fingerprint density at radius 1 is 1.64 bits per heavy atom. The van der Waals surface area contributed by atoms with Gasteiger partial charge in [-0.25, -0.2) is 0 Å². The summed E-state index contributed by atoms with van der Waals surface area (Å²) in [5, 5.41) is 24.4. The van der Waals surface area contributed by atoms with E-state index in [0.717, 1.165) is 16.9 Å². The highest BCUT2D eigenvalue weighted by atomic mass is 15.3. The van der Waals surface area contributed by atoms with Gasteiger partial charge in [0.15, 0.2) is 0 Å². The Hall–Kier alpha value is -2.81. The SMILES string of the molecule is C=CNc1[nH]ccc1C(=N)c1cnn(C(C)(C)CCC#N)c1. The van der Waals surface area contributed by atoms with Crippen molar-refractivity contribution < 1.29 is 0 Å². The third-order valence-corrected chi connectivity index (χ3v) is 3.60. The third kappa shape index (κ3) is 3.09. The number of H-pyrrole nitrogens is 1. The van der Waals surface area contributed by atoms with Crippen molar-refractivity contribution in [3.8, 4) is 6.07 Å². The van der Waals surface area contributed by atoms with Crippen LogP contribution in [0.25, 0.3) is 0 Å². The van der Waals surface area contributed by atoms with Crippen LogP contribution in [0.1, 0.15) is 37.8 Å². The number of nitriles is 1. The number of aromatic nitrogens is 3. The van der Waals surface area contributed by atoms with Crippen LogP contribution < -0.4 is 5.32 Å². The summed E-state index contributed by atoms with van der Waals surface area (Å²) >= 11 is 0. The Labute approximate surface area is 130 Å². The van der Waals surface area contributed by atoms with Gasteiger partial charge in [-0.15, -0.1) is 0 Å². The van der Waals surface area contributed by atoms with Crippen molar-refractivity contribution in [2.75, 3.05) is 5.32 Å². The van der Waals surface area contributed by atoms with Gasteiger partial charge in [0.25, 0.3) is 0 Å². The van der Waals surface area contributed by atoms with Crippen LogP contribution in [0, 0.1) is 16.7 Å². The van der Waals surface area contributed by atoms with Gasteiger partial charge in [0.2, 0.25) is 0 Å². The van der Waals surface area contributed by atoms with E-state index in [0.29, 0.717) is 18.6 Å². The average molecular weight is 296 g/mol. The minimum Gasteiger partial charge on any atom is -0.348 e. The van der Waals surface area contributed by atoms with Crippen LogP contribution in [0.5, 0.6) is 0 Å². The Kier molecular flexibility index (Phi) is 4.47. The van der Waals surface area contributed by atoms with Crippen LogP contribution in [0.3, 0.4) is 0 Å². The standard InChI is InChI=1S/C16H20N6/c1-4-19-15-13(6-9-20-15)14(18)12-10-21-22(11-12)16(2,3)7-5-8-17/h4,6,9-11,18-20H,1,5,7H2,2-3H3. The minimum absolute atomic E-state index is 0.255. The summed E-state index contributed by atoms with van der Waals surface area (Å²) in [6.07, 6.45) is 8.07. The van der Waals surface area contributed by atoms with E-state index < -0.39 is 0 Å². The molecule has 22 heavy (non-hydrogen) atoms. The molecule has 114 valence electrons. The Bertz CT molecular complexity index is 713. The molecule has 3 N–H and O–H groups in total. The molecule has 6 heteroatoms. The van der Waals surface area contributed by atoms with Gasteiger partial charge >= 0.3 is 0 Å². The highest BCUT2D eigenvalue weighted by Gasteiger charge is 2.22. The van der Waals surface area contributed by atoms with E-state index >= 15 is 0 Å². The third-order valence-electron chi connectivity index (χ3n) is 3.60. The van der Waals surface area contributed by atoms with Gasteiger partial charge in [0.1, 0.15) is 5.82 Å². The maximum absolute atomic E-state index is 8.74. The molecule has 2 heterocycles. The van der Waals surface area contributed by atoms with Gasteiger partial charge < -0.3 is 10.3 Å². The second-order valence-corrected chi connectivity index (χ2v) is 5.63. The van der Waals surface area contributed by atoms with E-state index in [1.54, 1.807) is 18.6 Å². The molecule has 6 nitrogen and oxygen atoms in total. The smallest absolute Gasteiger partial charge is 0.116 e. The molecule has 0 unspecified atom stereocenters. The van der Waals surface area contributed by atoms with E-state index in [9.17, 15) is 0 Å². The normalized spacial score (nSPS) is 11.0. The topological polar surface area (TPSA) is 93.3 Å². The molecule has 2 aromatic rings. The summed E-state index contributed by atoms with van der Waals surface area (Å²) in [6.45, 7) is 7.70. The van der Waals surface area contributed by atoms with Crippen LogP contribution in [0.15, 0.2) is 37.4 Å². The summed E-state index contributed by atoms with van der Waals surface area (Å²) < 4.78 is 1.82. The lowest BCUT2D eigenvalue weighted by molar-refractivity contribution is 0.299.